The van der Waals surface area contributed by atoms with Gasteiger partial charge < -0.3 is 31.5 Å². The molecule has 3 unspecified atom stereocenters. The predicted octanol–water partition coefficient (Wildman–Crippen LogP) is 1.71. The molecule has 1 aliphatic heterocycles. The van der Waals surface area contributed by atoms with Gasteiger partial charge in [0.15, 0.2) is 0 Å². The van der Waals surface area contributed by atoms with Crippen LogP contribution in [0.3, 0.4) is 0 Å². The second kappa shape index (κ2) is 14.6. The lowest BCUT2D eigenvalue weighted by Crippen LogP contribution is -2.53. The lowest BCUT2D eigenvalue weighted by atomic mass is 9.98. The highest BCUT2D eigenvalue weighted by atomic mass is 16.6. The first kappa shape index (κ1) is 32.1. The number of carbonyl (C=O) groups is 5. The molecule has 0 spiro atoms. The van der Waals surface area contributed by atoms with E-state index in [0.717, 1.165) is 10.9 Å². The average molecular weight is 604 g/mol. The molecule has 6 atom stereocenters. The Bertz CT molecular complexity index is 1520. The monoisotopic (exact) mass is 603 g/mol. The largest absolute Gasteiger partial charge is 0.480 e. The van der Waals surface area contributed by atoms with Crippen molar-refractivity contribution in [3.8, 4) is 0 Å². The molecule has 44 heavy (non-hydrogen) atoms. The minimum absolute atomic E-state index is 0.0699. The normalized spacial score (nSPS) is 18.3. The maximum absolute atomic E-state index is 13.5. The van der Waals surface area contributed by atoms with Gasteiger partial charge in [-0.2, -0.15) is 0 Å². The Morgan fingerprint density at radius 3 is 2.34 bits per heavy atom. The quantitative estimate of drug-likeness (QED) is 0.162. The van der Waals surface area contributed by atoms with Crippen molar-refractivity contribution in [2.45, 2.75) is 69.9 Å². The first-order valence-corrected chi connectivity index (χ1v) is 14.5. The number of ether oxygens (including phenoxy) is 1. The Kier molecular flexibility index (Phi) is 10.6. The summed E-state index contributed by atoms with van der Waals surface area (Å²) in [5.41, 5.74) is 6.97. The van der Waals surface area contributed by atoms with E-state index in [1.807, 2.05) is 49.4 Å². The number of aliphatic carboxylic acids is 1. The van der Waals surface area contributed by atoms with Crippen LogP contribution in [0.1, 0.15) is 49.2 Å². The van der Waals surface area contributed by atoms with Crippen molar-refractivity contribution >= 4 is 40.5 Å². The van der Waals surface area contributed by atoms with Crippen LogP contribution in [-0.4, -0.2) is 70.0 Å². The molecular formula is C32H37N5O7. The number of fused-ring (bicyclic) bond motifs is 1. The smallest absolute Gasteiger partial charge is 0.326 e. The molecule has 232 valence electrons. The first-order valence-electron chi connectivity index (χ1n) is 14.5. The van der Waals surface area contributed by atoms with Crippen molar-refractivity contribution in [1.82, 2.24) is 20.9 Å². The molecule has 12 nitrogen and oxygen atoms in total. The molecule has 0 saturated carbocycles. The van der Waals surface area contributed by atoms with Gasteiger partial charge in [-0.05, 0) is 30.0 Å². The van der Waals surface area contributed by atoms with E-state index in [0.29, 0.717) is 18.4 Å². The molecule has 4 amide bonds. The van der Waals surface area contributed by atoms with E-state index in [2.05, 4.69) is 20.9 Å². The Hall–Kier alpha value is -4.84. The fourth-order valence-electron chi connectivity index (χ4n) is 5.01. The molecule has 1 aliphatic rings. The highest BCUT2D eigenvalue weighted by Gasteiger charge is 2.47. The number of rotatable bonds is 15. The van der Waals surface area contributed by atoms with Gasteiger partial charge in [0.25, 0.3) is 5.91 Å². The van der Waals surface area contributed by atoms with Gasteiger partial charge in [0.05, 0.1) is 30.5 Å². The topological polar surface area (TPSA) is 193 Å². The van der Waals surface area contributed by atoms with Crippen LogP contribution in [0.15, 0.2) is 66.7 Å². The Labute approximate surface area is 254 Å². The van der Waals surface area contributed by atoms with E-state index >= 15 is 0 Å². The number of nitrogens with two attached hydrogens (primary N) is 1. The zero-order chi connectivity index (χ0) is 31.8. The highest BCUT2D eigenvalue weighted by molar-refractivity contribution is 5.99. The molecule has 0 radical (unpaired) electrons. The summed E-state index contributed by atoms with van der Waals surface area (Å²) in [7, 11) is 0. The molecule has 1 aromatic heterocycles. The lowest BCUT2D eigenvalue weighted by molar-refractivity contribution is -0.143. The van der Waals surface area contributed by atoms with Crippen molar-refractivity contribution < 1.29 is 33.8 Å². The minimum atomic E-state index is -1.29. The number of hydrogen-bond donors (Lipinski definition) is 5. The fourth-order valence-corrected chi connectivity index (χ4v) is 5.01. The number of hydrogen-bond acceptors (Lipinski definition) is 7. The van der Waals surface area contributed by atoms with Crippen LogP contribution in [0.25, 0.3) is 10.9 Å². The van der Waals surface area contributed by atoms with E-state index in [-0.39, 0.29) is 18.0 Å². The number of carbonyl (C=O) groups excluding carboxylic acids is 4. The van der Waals surface area contributed by atoms with Gasteiger partial charge >= 0.3 is 5.97 Å². The van der Waals surface area contributed by atoms with Gasteiger partial charge in [0.1, 0.15) is 23.9 Å². The summed E-state index contributed by atoms with van der Waals surface area (Å²) in [6, 6.07) is 16.9. The predicted molar refractivity (Wildman–Crippen MR) is 161 cm³/mol. The van der Waals surface area contributed by atoms with Crippen molar-refractivity contribution in [2.75, 3.05) is 0 Å². The highest BCUT2D eigenvalue weighted by Crippen LogP contribution is 2.30. The number of primary amides is 1. The number of carboxylic acids is 1. The molecule has 6 N–H and O–H groups in total. The zero-order valence-electron chi connectivity index (χ0n) is 24.6. The molecule has 2 aromatic carbocycles. The van der Waals surface area contributed by atoms with E-state index < -0.39 is 66.4 Å². The maximum atomic E-state index is 13.5. The third-order valence-electron chi connectivity index (χ3n) is 7.68. The average Bonchev–Trinajstić information content (AvgIpc) is 3.77. The summed E-state index contributed by atoms with van der Waals surface area (Å²) in [5, 5.41) is 18.4. The van der Waals surface area contributed by atoms with Crippen LogP contribution in [0.4, 0.5) is 0 Å². The summed E-state index contributed by atoms with van der Waals surface area (Å²) in [5.74, 6) is -3.94. The molecule has 1 saturated heterocycles. The second-order valence-electron chi connectivity index (χ2n) is 11.0. The van der Waals surface area contributed by atoms with E-state index in [9.17, 15) is 29.1 Å². The molecule has 4 rings (SSSR count). The first-order chi connectivity index (χ1) is 21.0. The van der Waals surface area contributed by atoms with Gasteiger partial charge in [0.2, 0.25) is 17.7 Å². The third-order valence-corrected chi connectivity index (χ3v) is 7.68. The van der Waals surface area contributed by atoms with Crippen LogP contribution in [0.2, 0.25) is 0 Å². The Morgan fingerprint density at radius 1 is 0.955 bits per heavy atom. The maximum Gasteiger partial charge on any atom is 0.326 e. The lowest BCUT2D eigenvalue weighted by Gasteiger charge is -2.22. The van der Waals surface area contributed by atoms with Gasteiger partial charge in [-0.1, -0.05) is 74.9 Å². The van der Waals surface area contributed by atoms with Gasteiger partial charge in [0, 0.05) is 5.39 Å². The minimum Gasteiger partial charge on any atom is -0.480 e. The van der Waals surface area contributed by atoms with Gasteiger partial charge in [-0.15, -0.1) is 0 Å². The van der Waals surface area contributed by atoms with Crippen molar-refractivity contribution in [3.63, 3.8) is 0 Å². The number of benzene rings is 2. The van der Waals surface area contributed by atoms with Crippen LogP contribution < -0.4 is 21.7 Å². The number of carboxylic acid groups (broad SMARTS) is 1. The summed E-state index contributed by atoms with van der Waals surface area (Å²) in [4.78, 5) is 67.1. The van der Waals surface area contributed by atoms with Crippen LogP contribution >= 0.6 is 0 Å². The van der Waals surface area contributed by atoms with E-state index in [1.54, 1.807) is 25.1 Å². The standard InChI is InChI=1S/C32H37N5O7/c1-3-18(2)28(32(42)43)37-27(39)17-25-29(44-25)23(15-19-9-5-4-6-10-19)35-31(41)24(16-26(33)38)36-30(40)22-14-13-20-11-7-8-12-21(20)34-22/h4-14,18,23-25,28-29H,3,15-17H2,1-2H3,(H2,33,38)(H,35,41)(H,36,40)(H,37,39)(H,42,43)/t18-,23?,24+,25?,28-,29?/m0/s1. The second-order valence-corrected chi connectivity index (χ2v) is 11.0. The summed E-state index contributed by atoms with van der Waals surface area (Å²) in [6.45, 7) is 3.59. The number of amides is 4. The van der Waals surface area contributed by atoms with Crippen LogP contribution in [0.5, 0.6) is 0 Å². The number of aromatic nitrogens is 1. The molecule has 3 aromatic rings. The number of para-hydroxylation sites is 1. The molecule has 0 aliphatic carbocycles. The van der Waals surface area contributed by atoms with Crippen molar-refractivity contribution in [1.29, 1.82) is 0 Å². The van der Waals surface area contributed by atoms with Crippen LogP contribution in [-0.2, 0) is 30.3 Å². The SMILES string of the molecule is CC[C@H](C)[C@H](NC(=O)CC1OC1C(Cc1ccccc1)NC(=O)[C@@H](CC(N)=O)NC(=O)c1ccc2ccccc2n1)C(=O)O. The molecular weight excluding hydrogens is 566 g/mol. The Balaban J connectivity index is 1.46. The molecule has 0 bridgehead atoms. The molecule has 1 fully saturated rings. The fraction of sp³-hybridized carbons (Fsp3) is 0.375. The number of nitrogens with one attached hydrogen (secondary N) is 3. The number of nitrogens with zero attached hydrogens (tertiary/aromatic N) is 1. The summed E-state index contributed by atoms with van der Waals surface area (Å²) in [6.07, 6.45) is -0.771. The molecule has 2 heterocycles. The van der Waals surface area contributed by atoms with Gasteiger partial charge in [-0.25, -0.2) is 9.78 Å². The van der Waals surface area contributed by atoms with Gasteiger partial charge in [-0.3, -0.25) is 19.2 Å². The summed E-state index contributed by atoms with van der Waals surface area (Å²) >= 11 is 0. The molecule has 12 heteroatoms. The Morgan fingerprint density at radius 2 is 1.66 bits per heavy atom. The zero-order valence-corrected chi connectivity index (χ0v) is 24.6. The third kappa shape index (κ3) is 8.60. The summed E-state index contributed by atoms with van der Waals surface area (Å²) < 4.78 is 5.79. The number of pyridine rings is 1. The number of epoxide rings is 1. The van der Waals surface area contributed by atoms with Crippen molar-refractivity contribution in [2.24, 2.45) is 11.7 Å². The van der Waals surface area contributed by atoms with Crippen molar-refractivity contribution in [3.05, 3.63) is 78.0 Å². The van der Waals surface area contributed by atoms with E-state index in [1.165, 1.54) is 6.07 Å². The van der Waals surface area contributed by atoms with Crippen LogP contribution in [0, 0.1) is 5.92 Å². The van der Waals surface area contributed by atoms with E-state index in [4.69, 9.17) is 10.5 Å².